The Kier molecular flexibility index (Phi) is 8.49. The lowest BCUT2D eigenvalue weighted by atomic mass is 10.2. The normalized spacial score (nSPS) is 14.2. The molecule has 0 bridgehead atoms. The second-order valence-electron chi connectivity index (χ2n) is 9.86. The second kappa shape index (κ2) is 11.8. The second-order valence-corrected chi connectivity index (χ2v) is 10.2. The van der Waals surface area contributed by atoms with Crippen molar-refractivity contribution >= 4 is 29.3 Å². The van der Waals surface area contributed by atoms with Crippen LogP contribution in [0.15, 0.2) is 42.6 Å². The van der Waals surface area contributed by atoms with Crippen molar-refractivity contribution in [2.45, 2.75) is 33.0 Å². The molecular formula is C27H29ClFN5O5. The minimum absolute atomic E-state index is 0.0574. The van der Waals surface area contributed by atoms with Crippen molar-refractivity contribution in [3.8, 4) is 23.0 Å². The lowest BCUT2D eigenvalue weighted by Gasteiger charge is -2.26. The molecule has 1 aliphatic heterocycles. The Hall–Kier alpha value is -3.99. The van der Waals surface area contributed by atoms with E-state index in [0.29, 0.717) is 11.3 Å². The van der Waals surface area contributed by atoms with Gasteiger partial charge in [0.05, 0.1) is 20.2 Å². The summed E-state index contributed by atoms with van der Waals surface area (Å²) in [7, 11) is 1.58. The first-order valence-electron chi connectivity index (χ1n) is 12.2. The van der Waals surface area contributed by atoms with Crippen LogP contribution in [0.4, 0.5) is 15.0 Å². The van der Waals surface area contributed by atoms with E-state index in [1.54, 1.807) is 51.0 Å². The standard InChI is InChI=1S/C27H29ClFN5O5/c1-27(2,3)39-26(36)34-12-11-33(14-19(35)15-34)24-22(28)25(38-16-17-5-7-20(37-4)8-6-17)32-23(31-24)18-9-10-30-21(29)13-18/h5-10,13H,11-12,14-16H2,1-4H3. The number of rotatable bonds is 6. The Morgan fingerprint density at radius 1 is 1.10 bits per heavy atom. The van der Waals surface area contributed by atoms with Gasteiger partial charge in [-0.2, -0.15) is 9.37 Å². The number of Topliss-reactive ketones (excluding diaryl/α,β-unsaturated/α-hetero) is 1. The van der Waals surface area contributed by atoms with Gasteiger partial charge in [0.1, 0.15) is 23.0 Å². The highest BCUT2D eigenvalue weighted by atomic mass is 35.5. The molecule has 0 N–H and O–H groups in total. The highest BCUT2D eigenvalue weighted by Gasteiger charge is 2.30. The fourth-order valence-electron chi connectivity index (χ4n) is 3.80. The number of nitrogens with zero attached hydrogens (tertiary/aromatic N) is 5. The minimum atomic E-state index is -0.703. The number of carbonyl (C=O) groups is 2. The first-order valence-corrected chi connectivity index (χ1v) is 12.6. The minimum Gasteiger partial charge on any atom is -0.497 e. The quantitative estimate of drug-likeness (QED) is 0.403. The number of hydrogen-bond acceptors (Lipinski definition) is 9. The molecule has 1 saturated heterocycles. The van der Waals surface area contributed by atoms with E-state index in [1.807, 2.05) is 12.1 Å². The van der Waals surface area contributed by atoms with Crippen molar-refractivity contribution in [3.63, 3.8) is 0 Å². The Labute approximate surface area is 230 Å². The van der Waals surface area contributed by atoms with Crippen LogP contribution in [0.5, 0.6) is 11.6 Å². The monoisotopic (exact) mass is 557 g/mol. The van der Waals surface area contributed by atoms with Crippen molar-refractivity contribution in [2.24, 2.45) is 0 Å². The molecule has 0 spiro atoms. The molecule has 1 aromatic carbocycles. The number of ether oxygens (including phenoxy) is 3. The van der Waals surface area contributed by atoms with Gasteiger partial charge in [-0.15, -0.1) is 0 Å². The van der Waals surface area contributed by atoms with Gasteiger partial charge in [0, 0.05) is 30.9 Å². The molecule has 1 amide bonds. The molecule has 10 nitrogen and oxygen atoms in total. The molecule has 3 heterocycles. The molecule has 0 radical (unpaired) electrons. The molecule has 1 aliphatic rings. The largest absolute Gasteiger partial charge is 0.497 e. The molecule has 2 aromatic heterocycles. The van der Waals surface area contributed by atoms with Crippen molar-refractivity contribution in [1.82, 2.24) is 19.9 Å². The van der Waals surface area contributed by atoms with E-state index in [9.17, 15) is 14.0 Å². The van der Waals surface area contributed by atoms with Crippen molar-refractivity contribution in [2.75, 3.05) is 38.2 Å². The summed E-state index contributed by atoms with van der Waals surface area (Å²) in [6.45, 7) is 5.68. The van der Waals surface area contributed by atoms with Gasteiger partial charge >= 0.3 is 6.09 Å². The van der Waals surface area contributed by atoms with E-state index < -0.39 is 17.6 Å². The molecule has 206 valence electrons. The maximum absolute atomic E-state index is 13.9. The number of anilines is 1. The average molecular weight is 558 g/mol. The number of methoxy groups -OCH3 is 1. The molecule has 0 atom stereocenters. The third-order valence-electron chi connectivity index (χ3n) is 5.65. The summed E-state index contributed by atoms with van der Waals surface area (Å²) in [5.41, 5.74) is 0.486. The fraction of sp³-hybridized carbons (Fsp3) is 0.370. The SMILES string of the molecule is COc1ccc(COc2nc(-c3ccnc(F)c3)nc(N3CCN(C(=O)OC(C)(C)C)CC(=O)C3)c2Cl)cc1. The molecule has 4 rings (SSSR count). The number of carbonyl (C=O) groups excluding carboxylic acids is 2. The fourth-order valence-corrected chi connectivity index (χ4v) is 4.06. The van der Waals surface area contributed by atoms with Crippen LogP contribution in [-0.4, -0.2) is 70.6 Å². The Morgan fingerprint density at radius 3 is 2.51 bits per heavy atom. The lowest BCUT2D eigenvalue weighted by molar-refractivity contribution is -0.118. The number of hydrogen-bond donors (Lipinski definition) is 0. The molecule has 39 heavy (non-hydrogen) atoms. The van der Waals surface area contributed by atoms with Crippen LogP contribution in [-0.2, 0) is 16.1 Å². The molecule has 0 unspecified atom stereocenters. The Morgan fingerprint density at radius 2 is 1.85 bits per heavy atom. The molecule has 12 heteroatoms. The highest BCUT2D eigenvalue weighted by Crippen LogP contribution is 2.35. The van der Waals surface area contributed by atoms with Crippen LogP contribution in [0, 0.1) is 5.95 Å². The topological polar surface area (TPSA) is 107 Å². The van der Waals surface area contributed by atoms with Gasteiger partial charge in [0.15, 0.2) is 17.4 Å². The predicted octanol–water partition coefficient (Wildman–Crippen LogP) is 4.54. The predicted molar refractivity (Wildman–Crippen MR) is 143 cm³/mol. The Bertz CT molecular complexity index is 1350. The summed E-state index contributed by atoms with van der Waals surface area (Å²) in [6, 6.07) is 10.0. The zero-order valence-corrected chi connectivity index (χ0v) is 22.9. The van der Waals surface area contributed by atoms with Crippen LogP contribution >= 0.6 is 11.6 Å². The summed E-state index contributed by atoms with van der Waals surface area (Å²) in [5.74, 6) is 0.195. The third kappa shape index (κ3) is 7.32. The van der Waals surface area contributed by atoms with Gasteiger partial charge in [0.2, 0.25) is 11.8 Å². The van der Waals surface area contributed by atoms with Gasteiger partial charge in [-0.1, -0.05) is 23.7 Å². The van der Waals surface area contributed by atoms with E-state index in [2.05, 4.69) is 15.0 Å². The van der Waals surface area contributed by atoms with Gasteiger partial charge < -0.3 is 19.1 Å². The average Bonchev–Trinajstić information content (AvgIpc) is 3.09. The number of pyridine rings is 1. The van der Waals surface area contributed by atoms with Crippen molar-refractivity contribution in [3.05, 3.63) is 59.1 Å². The number of halogens is 2. The number of benzene rings is 1. The lowest BCUT2D eigenvalue weighted by Crippen LogP contribution is -2.40. The van der Waals surface area contributed by atoms with Gasteiger partial charge in [-0.25, -0.2) is 14.8 Å². The van der Waals surface area contributed by atoms with Crippen LogP contribution in [0.2, 0.25) is 5.02 Å². The zero-order valence-electron chi connectivity index (χ0n) is 22.1. The molecule has 0 saturated carbocycles. The Balaban J connectivity index is 1.65. The van der Waals surface area contributed by atoms with E-state index in [-0.39, 0.29) is 61.1 Å². The first kappa shape index (κ1) is 28.0. The van der Waals surface area contributed by atoms with Crippen LogP contribution in [0.25, 0.3) is 11.4 Å². The van der Waals surface area contributed by atoms with Crippen molar-refractivity contribution in [1.29, 1.82) is 0 Å². The van der Waals surface area contributed by atoms with Gasteiger partial charge in [-0.05, 0) is 44.5 Å². The number of amides is 1. The van der Waals surface area contributed by atoms with Crippen LogP contribution in [0.1, 0.15) is 26.3 Å². The summed E-state index contributed by atoms with van der Waals surface area (Å²) in [6.07, 6.45) is 0.719. The van der Waals surface area contributed by atoms with Crippen molar-refractivity contribution < 1.29 is 28.2 Å². The van der Waals surface area contributed by atoms with Crippen LogP contribution < -0.4 is 14.4 Å². The summed E-state index contributed by atoms with van der Waals surface area (Å²) < 4.78 is 30.5. The van der Waals surface area contributed by atoms with E-state index >= 15 is 0 Å². The molecule has 0 aliphatic carbocycles. The van der Waals surface area contributed by atoms with E-state index in [1.165, 1.54) is 17.2 Å². The molecule has 3 aromatic rings. The summed E-state index contributed by atoms with van der Waals surface area (Å²) >= 11 is 6.72. The van der Waals surface area contributed by atoms with E-state index in [0.717, 1.165) is 5.56 Å². The zero-order chi connectivity index (χ0) is 28.2. The maximum Gasteiger partial charge on any atom is 0.410 e. The molecule has 1 fully saturated rings. The highest BCUT2D eigenvalue weighted by molar-refractivity contribution is 6.34. The molecular weight excluding hydrogens is 529 g/mol. The smallest absolute Gasteiger partial charge is 0.410 e. The summed E-state index contributed by atoms with van der Waals surface area (Å²) in [4.78, 5) is 41.0. The summed E-state index contributed by atoms with van der Waals surface area (Å²) in [5, 5.41) is 0.0836. The van der Waals surface area contributed by atoms with Gasteiger partial charge in [0.25, 0.3) is 0 Å². The maximum atomic E-state index is 13.9. The van der Waals surface area contributed by atoms with Gasteiger partial charge in [-0.3, -0.25) is 9.69 Å². The van der Waals surface area contributed by atoms with Crippen LogP contribution in [0.3, 0.4) is 0 Å². The third-order valence-corrected chi connectivity index (χ3v) is 5.98. The number of aromatic nitrogens is 3. The van der Waals surface area contributed by atoms with E-state index in [4.69, 9.17) is 25.8 Å². The number of ketones is 1. The first-order chi connectivity index (χ1) is 18.5.